The van der Waals surface area contributed by atoms with Crippen LogP contribution in [0.25, 0.3) is 0 Å². The Bertz CT molecular complexity index is 429. The molecule has 0 aliphatic heterocycles. The molecule has 1 atom stereocenters. The largest absolute Gasteiger partial charge is 0.496 e. The van der Waals surface area contributed by atoms with Gasteiger partial charge in [-0.3, -0.25) is 4.90 Å². The van der Waals surface area contributed by atoms with Gasteiger partial charge in [0.1, 0.15) is 5.75 Å². The normalized spacial score (nSPS) is 13.2. The molecule has 3 nitrogen and oxygen atoms in total. The molecule has 0 saturated carbocycles. The summed E-state index contributed by atoms with van der Waals surface area (Å²) in [6.45, 7) is 13.0. The minimum absolute atomic E-state index is 0.499. The number of nitrogens with zero attached hydrogens (tertiary/aromatic N) is 1. The van der Waals surface area contributed by atoms with Crippen LogP contribution in [0.5, 0.6) is 5.75 Å². The van der Waals surface area contributed by atoms with Gasteiger partial charge in [0, 0.05) is 30.7 Å². The summed E-state index contributed by atoms with van der Waals surface area (Å²) in [7, 11) is 3.93. The van der Waals surface area contributed by atoms with Crippen LogP contribution in [0.2, 0.25) is 0 Å². The predicted molar refractivity (Wildman–Crippen MR) is 90.7 cm³/mol. The molecule has 0 aliphatic carbocycles. The summed E-state index contributed by atoms with van der Waals surface area (Å²) >= 11 is 0. The van der Waals surface area contributed by atoms with Crippen molar-refractivity contribution in [3.8, 4) is 5.75 Å². The van der Waals surface area contributed by atoms with Crippen LogP contribution in [0, 0.1) is 5.92 Å². The second kappa shape index (κ2) is 8.40. The van der Waals surface area contributed by atoms with Crippen molar-refractivity contribution >= 4 is 0 Å². The van der Waals surface area contributed by atoms with Gasteiger partial charge in [0.2, 0.25) is 0 Å². The number of methoxy groups -OCH3 is 1. The van der Waals surface area contributed by atoms with Gasteiger partial charge in [-0.1, -0.05) is 33.8 Å². The fourth-order valence-electron chi connectivity index (χ4n) is 2.31. The fourth-order valence-corrected chi connectivity index (χ4v) is 2.31. The predicted octanol–water partition coefficient (Wildman–Crippen LogP) is 3.67. The Morgan fingerprint density at radius 3 is 2.33 bits per heavy atom. The first-order valence-corrected chi connectivity index (χ1v) is 7.94. The van der Waals surface area contributed by atoms with Gasteiger partial charge in [0.05, 0.1) is 7.11 Å². The van der Waals surface area contributed by atoms with Gasteiger partial charge in [-0.25, -0.2) is 0 Å². The van der Waals surface area contributed by atoms with Crippen LogP contribution < -0.4 is 10.1 Å². The molecule has 120 valence electrons. The molecule has 0 heterocycles. The molecule has 1 aromatic rings. The van der Waals surface area contributed by atoms with Crippen molar-refractivity contribution in [3.63, 3.8) is 0 Å². The van der Waals surface area contributed by atoms with Crippen molar-refractivity contribution in [1.82, 2.24) is 10.2 Å². The van der Waals surface area contributed by atoms with Crippen molar-refractivity contribution in [2.24, 2.45) is 5.92 Å². The minimum atomic E-state index is 0.499. The van der Waals surface area contributed by atoms with Crippen LogP contribution in [-0.4, -0.2) is 31.1 Å². The molecular formula is C18H32N2O. The first kappa shape index (κ1) is 18.0. The maximum atomic E-state index is 5.52. The molecule has 0 saturated heterocycles. The van der Waals surface area contributed by atoms with E-state index in [-0.39, 0.29) is 0 Å². The van der Waals surface area contributed by atoms with Gasteiger partial charge in [-0.05, 0) is 37.6 Å². The second-order valence-corrected chi connectivity index (χ2v) is 6.58. The van der Waals surface area contributed by atoms with E-state index in [4.69, 9.17) is 4.74 Å². The standard InChI is InChI=1S/C18H32N2O/c1-13(2)15(5)20(6)12-17-10-16(11-19-14(3)4)8-9-18(17)21-7/h8-10,13-15,19H,11-12H2,1-7H3. The van der Waals surface area contributed by atoms with Gasteiger partial charge in [0.15, 0.2) is 0 Å². The van der Waals surface area contributed by atoms with Crippen LogP contribution in [0.15, 0.2) is 18.2 Å². The molecule has 0 aliphatic rings. The number of nitrogens with one attached hydrogen (secondary N) is 1. The zero-order chi connectivity index (χ0) is 16.0. The molecular weight excluding hydrogens is 260 g/mol. The summed E-state index contributed by atoms with van der Waals surface area (Å²) in [6.07, 6.45) is 0. The van der Waals surface area contributed by atoms with Crippen molar-refractivity contribution in [2.45, 2.75) is 59.8 Å². The lowest BCUT2D eigenvalue weighted by Crippen LogP contribution is -2.32. The second-order valence-electron chi connectivity index (χ2n) is 6.58. The first-order chi connectivity index (χ1) is 9.85. The quantitative estimate of drug-likeness (QED) is 0.791. The number of hydrogen-bond acceptors (Lipinski definition) is 3. The molecule has 0 radical (unpaired) electrons. The van der Waals surface area contributed by atoms with E-state index in [0.717, 1.165) is 18.8 Å². The van der Waals surface area contributed by atoms with Gasteiger partial charge >= 0.3 is 0 Å². The highest BCUT2D eigenvalue weighted by Gasteiger charge is 2.15. The van der Waals surface area contributed by atoms with E-state index in [1.54, 1.807) is 7.11 Å². The van der Waals surface area contributed by atoms with Crippen molar-refractivity contribution in [3.05, 3.63) is 29.3 Å². The Kier molecular flexibility index (Phi) is 7.20. The lowest BCUT2D eigenvalue weighted by molar-refractivity contribution is 0.198. The smallest absolute Gasteiger partial charge is 0.123 e. The van der Waals surface area contributed by atoms with Gasteiger partial charge in [0.25, 0.3) is 0 Å². The molecule has 0 spiro atoms. The van der Waals surface area contributed by atoms with Gasteiger partial charge < -0.3 is 10.1 Å². The summed E-state index contributed by atoms with van der Waals surface area (Å²) in [5.41, 5.74) is 2.57. The number of benzene rings is 1. The third-order valence-electron chi connectivity index (χ3n) is 4.14. The van der Waals surface area contributed by atoms with E-state index < -0.39 is 0 Å². The zero-order valence-corrected chi connectivity index (χ0v) is 14.7. The van der Waals surface area contributed by atoms with Crippen LogP contribution in [0.3, 0.4) is 0 Å². The van der Waals surface area contributed by atoms with Crippen molar-refractivity contribution < 1.29 is 4.74 Å². The maximum absolute atomic E-state index is 5.52. The molecule has 1 aromatic carbocycles. The molecule has 1 rings (SSSR count). The third kappa shape index (κ3) is 5.68. The van der Waals surface area contributed by atoms with Crippen LogP contribution in [-0.2, 0) is 13.1 Å². The van der Waals surface area contributed by atoms with Crippen LogP contribution >= 0.6 is 0 Å². The number of rotatable bonds is 8. The van der Waals surface area contributed by atoms with E-state index in [9.17, 15) is 0 Å². The van der Waals surface area contributed by atoms with E-state index >= 15 is 0 Å². The van der Waals surface area contributed by atoms with Crippen molar-refractivity contribution in [1.29, 1.82) is 0 Å². The fraction of sp³-hybridized carbons (Fsp3) is 0.667. The summed E-state index contributed by atoms with van der Waals surface area (Å²) < 4.78 is 5.52. The Hall–Kier alpha value is -1.06. The molecule has 1 N–H and O–H groups in total. The Morgan fingerprint density at radius 2 is 1.81 bits per heavy atom. The average Bonchev–Trinajstić information content (AvgIpc) is 2.44. The van der Waals surface area contributed by atoms with Gasteiger partial charge in [-0.15, -0.1) is 0 Å². The van der Waals surface area contributed by atoms with E-state index in [0.29, 0.717) is 18.0 Å². The zero-order valence-electron chi connectivity index (χ0n) is 14.7. The topological polar surface area (TPSA) is 24.5 Å². The lowest BCUT2D eigenvalue weighted by atomic mass is 10.0. The summed E-state index contributed by atoms with van der Waals surface area (Å²) in [6, 6.07) is 7.54. The average molecular weight is 292 g/mol. The lowest BCUT2D eigenvalue weighted by Gasteiger charge is -2.28. The molecule has 1 unspecified atom stereocenters. The molecule has 0 bridgehead atoms. The molecule has 3 heteroatoms. The van der Waals surface area contributed by atoms with Gasteiger partial charge in [-0.2, -0.15) is 0 Å². The minimum Gasteiger partial charge on any atom is -0.496 e. The highest BCUT2D eigenvalue weighted by Crippen LogP contribution is 2.23. The highest BCUT2D eigenvalue weighted by atomic mass is 16.5. The van der Waals surface area contributed by atoms with E-state index in [1.807, 2.05) is 0 Å². The summed E-state index contributed by atoms with van der Waals surface area (Å²) in [5.74, 6) is 1.62. The first-order valence-electron chi connectivity index (χ1n) is 7.94. The molecule has 0 aromatic heterocycles. The SMILES string of the molecule is COc1ccc(CNC(C)C)cc1CN(C)C(C)C(C)C. The number of ether oxygens (including phenoxy) is 1. The van der Waals surface area contributed by atoms with E-state index in [1.165, 1.54) is 11.1 Å². The molecule has 21 heavy (non-hydrogen) atoms. The Morgan fingerprint density at radius 1 is 1.14 bits per heavy atom. The third-order valence-corrected chi connectivity index (χ3v) is 4.14. The monoisotopic (exact) mass is 292 g/mol. The molecule has 0 amide bonds. The van der Waals surface area contributed by atoms with E-state index in [2.05, 4.69) is 70.1 Å². The summed E-state index contributed by atoms with van der Waals surface area (Å²) in [5, 5.41) is 3.47. The van der Waals surface area contributed by atoms with Crippen LogP contribution in [0.4, 0.5) is 0 Å². The Balaban J connectivity index is 2.85. The maximum Gasteiger partial charge on any atom is 0.123 e. The Labute approximate surface area is 130 Å². The van der Waals surface area contributed by atoms with Crippen LogP contribution in [0.1, 0.15) is 45.7 Å². The number of hydrogen-bond donors (Lipinski definition) is 1. The van der Waals surface area contributed by atoms with Crippen molar-refractivity contribution in [2.75, 3.05) is 14.2 Å². The highest BCUT2D eigenvalue weighted by molar-refractivity contribution is 5.37. The summed E-state index contributed by atoms with van der Waals surface area (Å²) in [4.78, 5) is 2.39. The molecule has 0 fully saturated rings.